The van der Waals surface area contributed by atoms with E-state index in [2.05, 4.69) is 22.4 Å². The normalized spacial score (nSPS) is 10.5. The minimum absolute atomic E-state index is 0.172. The van der Waals surface area contributed by atoms with Gasteiger partial charge in [0, 0.05) is 11.1 Å². The highest BCUT2D eigenvalue weighted by Crippen LogP contribution is 2.16. The molecule has 3 rings (SSSR count). The third-order valence-electron chi connectivity index (χ3n) is 3.64. The highest BCUT2D eigenvalue weighted by atomic mass is 16.5. The molecular formula is C18H17N3O3. The van der Waals surface area contributed by atoms with E-state index in [0.717, 1.165) is 11.9 Å². The van der Waals surface area contributed by atoms with E-state index in [1.165, 1.54) is 5.56 Å². The second-order valence-electron chi connectivity index (χ2n) is 5.29. The van der Waals surface area contributed by atoms with Gasteiger partial charge in [-0.3, -0.25) is 9.89 Å². The maximum Gasteiger partial charge on any atom is 0.359 e. The van der Waals surface area contributed by atoms with Crippen molar-refractivity contribution in [3.8, 4) is 0 Å². The Labute approximate surface area is 138 Å². The lowest BCUT2D eigenvalue weighted by molar-refractivity contribution is -0.119. The summed E-state index contributed by atoms with van der Waals surface area (Å²) in [4.78, 5) is 24.0. The Morgan fingerprint density at radius 1 is 1.12 bits per heavy atom. The first-order valence-electron chi connectivity index (χ1n) is 7.66. The molecule has 0 bridgehead atoms. The van der Waals surface area contributed by atoms with Gasteiger partial charge in [-0.1, -0.05) is 37.3 Å². The number of aromatic amines is 1. The van der Waals surface area contributed by atoms with E-state index >= 15 is 0 Å². The molecule has 1 aromatic heterocycles. The van der Waals surface area contributed by atoms with Crippen LogP contribution in [0.3, 0.4) is 0 Å². The highest BCUT2D eigenvalue weighted by molar-refractivity contribution is 6.03. The number of nitrogens with zero attached hydrogens (tertiary/aromatic N) is 1. The van der Waals surface area contributed by atoms with Gasteiger partial charge in [-0.25, -0.2) is 4.79 Å². The summed E-state index contributed by atoms with van der Waals surface area (Å²) in [6, 6.07) is 14.7. The zero-order valence-corrected chi connectivity index (χ0v) is 13.2. The quantitative estimate of drug-likeness (QED) is 0.707. The number of aromatic nitrogens is 2. The molecule has 0 aliphatic carbocycles. The van der Waals surface area contributed by atoms with E-state index in [9.17, 15) is 9.59 Å². The Morgan fingerprint density at radius 3 is 2.62 bits per heavy atom. The third-order valence-corrected chi connectivity index (χ3v) is 3.64. The summed E-state index contributed by atoms with van der Waals surface area (Å²) in [7, 11) is 0. The van der Waals surface area contributed by atoms with Gasteiger partial charge in [-0.15, -0.1) is 0 Å². The van der Waals surface area contributed by atoms with E-state index in [0.29, 0.717) is 11.1 Å². The van der Waals surface area contributed by atoms with Crippen LogP contribution in [0.2, 0.25) is 0 Å². The molecule has 3 aromatic rings. The predicted molar refractivity (Wildman–Crippen MR) is 90.8 cm³/mol. The molecule has 24 heavy (non-hydrogen) atoms. The smallest absolute Gasteiger partial charge is 0.359 e. The Bertz CT molecular complexity index is 869. The number of H-pyrrole nitrogens is 1. The van der Waals surface area contributed by atoms with Gasteiger partial charge >= 0.3 is 5.97 Å². The molecule has 122 valence electrons. The largest absolute Gasteiger partial charge is 0.451 e. The van der Waals surface area contributed by atoms with Crippen LogP contribution in [0, 0.1) is 0 Å². The number of carbonyl (C=O) groups is 2. The molecule has 0 aliphatic heterocycles. The highest BCUT2D eigenvalue weighted by Gasteiger charge is 2.16. The summed E-state index contributed by atoms with van der Waals surface area (Å²) in [6.45, 7) is 1.70. The maximum absolute atomic E-state index is 12.1. The number of benzene rings is 2. The molecule has 1 heterocycles. The fraction of sp³-hybridized carbons (Fsp3) is 0.167. The molecule has 0 fully saturated rings. The lowest BCUT2D eigenvalue weighted by Gasteiger charge is -2.06. The van der Waals surface area contributed by atoms with Crippen LogP contribution in [0.15, 0.2) is 48.5 Å². The van der Waals surface area contributed by atoms with Gasteiger partial charge in [0.05, 0.1) is 5.52 Å². The molecule has 0 aliphatic rings. The summed E-state index contributed by atoms with van der Waals surface area (Å²) in [5.41, 5.74) is 2.76. The molecule has 0 radical (unpaired) electrons. The van der Waals surface area contributed by atoms with Crippen molar-refractivity contribution in [2.24, 2.45) is 0 Å². The fourth-order valence-corrected chi connectivity index (χ4v) is 2.34. The van der Waals surface area contributed by atoms with Crippen molar-refractivity contribution in [2.75, 3.05) is 11.9 Å². The number of rotatable bonds is 5. The minimum atomic E-state index is -0.635. The van der Waals surface area contributed by atoms with Crippen LogP contribution in [-0.2, 0) is 16.0 Å². The van der Waals surface area contributed by atoms with Crippen LogP contribution in [-0.4, -0.2) is 28.7 Å². The molecule has 0 spiro atoms. The number of anilines is 1. The molecule has 0 saturated heterocycles. The number of amides is 1. The lowest BCUT2D eigenvalue weighted by Crippen LogP contribution is -2.21. The van der Waals surface area contributed by atoms with Crippen LogP contribution < -0.4 is 5.32 Å². The second-order valence-corrected chi connectivity index (χ2v) is 5.29. The van der Waals surface area contributed by atoms with Crippen LogP contribution in [0.5, 0.6) is 0 Å². The van der Waals surface area contributed by atoms with Gasteiger partial charge < -0.3 is 10.1 Å². The van der Waals surface area contributed by atoms with Gasteiger partial charge in [0.25, 0.3) is 5.91 Å². The first kappa shape index (κ1) is 15.7. The Morgan fingerprint density at radius 2 is 1.88 bits per heavy atom. The summed E-state index contributed by atoms with van der Waals surface area (Å²) >= 11 is 0. The average Bonchev–Trinajstić information content (AvgIpc) is 3.04. The van der Waals surface area contributed by atoms with Crippen molar-refractivity contribution in [1.82, 2.24) is 10.2 Å². The molecular weight excluding hydrogens is 306 g/mol. The Balaban J connectivity index is 1.58. The lowest BCUT2D eigenvalue weighted by atomic mass is 10.1. The van der Waals surface area contributed by atoms with Gasteiger partial charge in [-0.05, 0) is 30.2 Å². The topological polar surface area (TPSA) is 84.1 Å². The van der Waals surface area contributed by atoms with Crippen LogP contribution in [0.1, 0.15) is 23.0 Å². The number of nitrogens with one attached hydrogen (secondary N) is 2. The van der Waals surface area contributed by atoms with Crippen LogP contribution in [0.25, 0.3) is 10.9 Å². The molecule has 0 saturated carbocycles. The summed E-state index contributed by atoms with van der Waals surface area (Å²) < 4.78 is 5.04. The summed E-state index contributed by atoms with van der Waals surface area (Å²) in [5, 5.41) is 10.1. The molecule has 6 heteroatoms. The zero-order valence-electron chi connectivity index (χ0n) is 13.2. The Kier molecular flexibility index (Phi) is 4.56. The molecule has 0 atom stereocenters. The SMILES string of the molecule is CCc1ccc(NC(=O)COC(=O)c2n[nH]c3ccccc23)cc1. The average molecular weight is 323 g/mol. The van der Waals surface area contributed by atoms with Crippen molar-refractivity contribution in [2.45, 2.75) is 13.3 Å². The third kappa shape index (κ3) is 3.43. The summed E-state index contributed by atoms with van der Waals surface area (Å²) in [6.07, 6.45) is 0.934. The second kappa shape index (κ2) is 6.95. The minimum Gasteiger partial charge on any atom is -0.451 e. The standard InChI is InChI=1S/C18H17N3O3/c1-2-12-7-9-13(10-8-12)19-16(22)11-24-18(23)17-14-5-3-4-6-15(14)20-21-17/h3-10H,2,11H2,1H3,(H,19,22)(H,20,21). The number of fused-ring (bicyclic) bond motifs is 1. The monoisotopic (exact) mass is 323 g/mol. The van der Waals surface area contributed by atoms with Gasteiger partial charge in [-0.2, -0.15) is 5.10 Å². The van der Waals surface area contributed by atoms with E-state index in [1.54, 1.807) is 12.1 Å². The number of para-hydroxylation sites is 1. The van der Waals surface area contributed by atoms with E-state index in [4.69, 9.17) is 4.74 Å². The van der Waals surface area contributed by atoms with Gasteiger partial charge in [0.15, 0.2) is 12.3 Å². The number of hydrogen-bond donors (Lipinski definition) is 2. The maximum atomic E-state index is 12.1. The number of carbonyl (C=O) groups excluding carboxylic acids is 2. The molecule has 1 amide bonds. The number of ether oxygens (including phenoxy) is 1. The first-order chi connectivity index (χ1) is 11.7. The van der Waals surface area contributed by atoms with Crippen molar-refractivity contribution in [3.63, 3.8) is 0 Å². The molecule has 0 unspecified atom stereocenters. The van der Waals surface area contributed by atoms with Gasteiger partial charge in [0.1, 0.15) is 0 Å². The summed E-state index contributed by atoms with van der Waals surface area (Å²) in [5.74, 6) is -1.03. The van der Waals surface area contributed by atoms with E-state index in [-0.39, 0.29) is 12.3 Å². The zero-order chi connectivity index (χ0) is 16.9. The molecule has 6 nitrogen and oxygen atoms in total. The van der Waals surface area contributed by atoms with Crippen molar-refractivity contribution < 1.29 is 14.3 Å². The number of esters is 1. The number of aryl methyl sites for hydroxylation is 1. The number of hydrogen-bond acceptors (Lipinski definition) is 4. The van der Waals surface area contributed by atoms with E-state index in [1.807, 2.05) is 36.4 Å². The van der Waals surface area contributed by atoms with Crippen molar-refractivity contribution in [1.29, 1.82) is 0 Å². The van der Waals surface area contributed by atoms with Crippen LogP contribution >= 0.6 is 0 Å². The van der Waals surface area contributed by atoms with E-state index < -0.39 is 11.9 Å². The first-order valence-corrected chi connectivity index (χ1v) is 7.66. The fourth-order valence-electron chi connectivity index (χ4n) is 2.34. The predicted octanol–water partition coefficient (Wildman–Crippen LogP) is 2.92. The van der Waals surface area contributed by atoms with Crippen LogP contribution in [0.4, 0.5) is 5.69 Å². The molecule has 2 N–H and O–H groups in total. The van der Waals surface area contributed by atoms with Gasteiger partial charge in [0.2, 0.25) is 0 Å². The molecule has 2 aromatic carbocycles. The van der Waals surface area contributed by atoms with Crippen molar-refractivity contribution in [3.05, 3.63) is 59.8 Å². The Hall–Kier alpha value is -3.15. The van der Waals surface area contributed by atoms with Crippen molar-refractivity contribution >= 4 is 28.5 Å².